The van der Waals surface area contributed by atoms with Gasteiger partial charge in [-0.1, -0.05) is 0 Å². The Bertz CT molecular complexity index is 363. The summed E-state index contributed by atoms with van der Waals surface area (Å²) in [4.78, 5) is 23.4. The molecule has 1 aromatic rings. The molecule has 0 radical (unpaired) electrons. The van der Waals surface area contributed by atoms with Gasteiger partial charge in [0.25, 0.3) is 0 Å². The van der Waals surface area contributed by atoms with Gasteiger partial charge in [0.15, 0.2) is 0 Å². The van der Waals surface area contributed by atoms with Crippen LogP contribution in [0.5, 0.6) is 0 Å². The van der Waals surface area contributed by atoms with Gasteiger partial charge in [-0.15, -0.1) is 11.3 Å². The summed E-state index contributed by atoms with van der Waals surface area (Å²) in [6.07, 6.45) is 0. The molecule has 1 amide bonds. The van der Waals surface area contributed by atoms with Crippen LogP contribution in [0.1, 0.15) is 4.88 Å². The van der Waals surface area contributed by atoms with Crippen LogP contribution in [0.2, 0.25) is 0 Å². The zero-order valence-corrected chi connectivity index (χ0v) is 9.76. The second-order valence-electron chi connectivity index (χ2n) is 2.70. The lowest BCUT2D eigenvalue weighted by Gasteiger charge is -2.12. The van der Waals surface area contributed by atoms with E-state index < -0.39 is 11.9 Å². The van der Waals surface area contributed by atoms with E-state index in [9.17, 15) is 9.59 Å². The van der Waals surface area contributed by atoms with Crippen LogP contribution in [0.15, 0.2) is 15.9 Å². The summed E-state index contributed by atoms with van der Waals surface area (Å²) in [7, 11) is 1.46. The zero-order valence-electron chi connectivity index (χ0n) is 7.36. The van der Waals surface area contributed by atoms with Gasteiger partial charge < -0.3 is 10.0 Å². The van der Waals surface area contributed by atoms with Crippen molar-refractivity contribution in [1.29, 1.82) is 0 Å². The van der Waals surface area contributed by atoms with Crippen molar-refractivity contribution in [3.63, 3.8) is 0 Å². The molecule has 0 atom stereocenters. The fourth-order valence-corrected chi connectivity index (χ4v) is 2.41. The Kier molecular flexibility index (Phi) is 3.65. The monoisotopic (exact) mass is 277 g/mol. The van der Waals surface area contributed by atoms with Crippen LogP contribution in [-0.2, 0) is 16.1 Å². The van der Waals surface area contributed by atoms with E-state index in [4.69, 9.17) is 5.11 Å². The summed E-state index contributed by atoms with van der Waals surface area (Å²) < 4.78 is 0.939. The third-order valence-electron chi connectivity index (χ3n) is 1.54. The smallest absolute Gasteiger partial charge is 0.394 e. The van der Waals surface area contributed by atoms with Crippen molar-refractivity contribution in [1.82, 2.24) is 4.90 Å². The highest BCUT2D eigenvalue weighted by Crippen LogP contribution is 2.20. The van der Waals surface area contributed by atoms with Gasteiger partial charge in [-0.2, -0.15) is 0 Å². The summed E-state index contributed by atoms with van der Waals surface area (Å²) in [5.41, 5.74) is 0. The molecule has 0 aliphatic rings. The largest absolute Gasteiger partial charge is 0.474 e. The van der Waals surface area contributed by atoms with Crippen LogP contribution in [-0.4, -0.2) is 28.9 Å². The number of carbonyl (C=O) groups is 2. The molecular weight excluding hydrogens is 270 g/mol. The lowest BCUT2D eigenvalue weighted by Crippen LogP contribution is -2.32. The SMILES string of the molecule is CN(Cc1cc(Br)cs1)C(=O)C(=O)O. The van der Waals surface area contributed by atoms with Crippen LogP contribution < -0.4 is 0 Å². The Morgan fingerprint density at radius 1 is 1.64 bits per heavy atom. The first-order chi connectivity index (χ1) is 6.50. The van der Waals surface area contributed by atoms with Crippen LogP contribution >= 0.6 is 27.3 Å². The van der Waals surface area contributed by atoms with Crippen molar-refractivity contribution in [2.45, 2.75) is 6.54 Å². The lowest BCUT2D eigenvalue weighted by molar-refractivity contribution is -0.155. The second-order valence-corrected chi connectivity index (χ2v) is 4.61. The van der Waals surface area contributed by atoms with E-state index in [1.54, 1.807) is 0 Å². The molecule has 76 valence electrons. The third-order valence-corrected chi connectivity index (χ3v) is 3.23. The van der Waals surface area contributed by atoms with Gasteiger partial charge in [0.1, 0.15) is 0 Å². The Labute approximate surface area is 93.3 Å². The first-order valence-corrected chi connectivity index (χ1v) is 5.39. The van der Waals surface area contributed by atoms with E-state index in [1.807, 2.05) is 11.4 Å². The Morgan fingerprint density at radius 3 is 2.71 bits per heavy atom. The number of nitrogens with zero attached hydrogens (tertiary/aromatic N) is 1. The van der Waals surface area contributed by atoms with E-state index >= 15 is 0 Å². The minimum atomic E-state index is -1.43. The normalized spacial score (nSPS) is 9.86. The molecule has 0 spiro atoms. The van der Waals surface area contributed by atoms with E-state index in [1.165, 1.54) is 23.3 Å². The van der Waals surface area contributed by atoms with Crippen molar-refractivity contribution in [3.05, 3.63) is 20.8 Å². The molecule has 1 rings (SSSR count). The quantitative estimate of drug-likeness (QED) is 0.835. The second kappa shape index (κ2) is 4.56. The number of likely N-dealkylation sites (N-methyl/N-ethyl adjacent to an activating group) is 1. The highest BCUT2D eigenvalue weighted by atomic mass is 79.9. The molecule has 1 aromatic heterocycles. The van der Waals surface area contributed by atoms with Crippen molar-refractivity contribution in [2.75, 3.05) is 7.05 Å². The molecule has 0 aliphatic heterocycles. The highest BCUT2D eigenvalue weighted by Gasteiger charge is 2.17. The summed E-state index contributed by atoms with van der Waals surface area (Å²) >= 11 is 4.75. The highest BCUT2D eigenvalue weighted by molar-refractivity contribution is 9.10. The fourth-order valence-electron chi connectivity index (χ4n) is 0.906. The minimum absolute atomic E-state index is 0.321. The molecule has 6 heteroatoms. The number of rotatable bonds is 2. The molecule has 4 nitrogen and oxygen atoms in total. The topological polar surface area (TPSA) is 57.6 Å². The van der Waals surface area contributed by atoms with Gasteiger partial charge in [0.05, 0.1) is 6.54 Å². The fraction of sp³-hybridized carbons (Fsp3) is 0.250. The van der Waals surface area contributed by atoms with Crippen LogP contribution in [0, 0.1) is 0 Å². The molecule has 14 heavy (non-hydrogen) atoms. The molecule has 0 aromatic carbocycles. The van der Waals surface area contributed by atoms with Gasteiger partial charge in [-0.05, 0) is 22.0 Å². The standard InChI is InChI=1S/C8H8BrNO3S/c1-10(7(11)8(12)13)3-6-2-5(9)4-14-6/h2,4H,3H2,1H3,(H,12,13). The zero-order chi connectivity index (χ0) is 10.7. The number of amides is 1. The number of carboxylic acids is 1. The number of aliphatic carboxylic acids is 1. The van der Waals surface area contributed by atoms with Crippen molar-refractivity contribution >= 4 is 39.1 Å². The van der Waals surface area contributed by atoms with Crippen LogP contribution in [0.4, 0.5) is 0 Å². The molecular formula is C8H8BrNO3S. The van der Waals surface area contributed by atoms with Gasteiger partial charge in [-0.25, -0.2) is 4.79 Å². The maximum absolute atomic E-state index is 11.0. The van der Waals surface area contributed by atoms with Gasteiger partial charge in [-0.3, -0.25) is 4.79 Å². The number of thiophene rings is 1. The van der Waals surface area contributed by atoms with E-state index in [-0.39, 0.29) is 0 Å². The summed E-state index contributed by atoms with van der Waals surface area (Å²) in [5.74, 6) is -2.32. The average Bonchev–Trinajstić information content (AvgIpc) is 2.49. The molecule has 0 fully saturated rings. The Balaban J connectivity index is 2.61. The maximum Gasteiger partial charge on any atom is 0.394 e. The van der Waals surface area contributed by atoms with Crippen LogP contribution in [0.25, 0.3) is 0 Å². The van der Waals surface area contributed by atoms with Crippen molar-refractivity contribution in [2.24, 2.45) is 0 Å². The van der Waals surface area contributed by atoms with Gasteiger partial charge in [0.2, 0.25) is 0 Å². The Morgan fingerprint density at radius 2 is 2.29 bits per heavy atom. The average molecular weight is 278 g/mol. The van der Waals surface area contributed by atoms with Crippen molar-refractivity contribution in [3.8, 4) is 0 Å². The number of halogens is 1. The molecule has 0 unspecified atom stereocenters. The predicted octanol–water partition coefficient (Wildman–Crippen LogP) is 1.55. The van der Waals surface area contributed by atoms with Crippen LogP contribution in [0.3, 0.4) is 0 Å². The lowest BCUT2D eigenvalue weighted by atomic mass is 10.4. The van der Waals surface area contributed by atoms with E-state index in [0.29, 0.717) is 6.54 Å². The summed E-state index contributed by atoms with van der Waals surface area (Å²) in [5, 5.41) is 10.3. The molecule has 1 N–H and O–H groups in total. The first kappa shape index (κ1) is 11.2. The molecule has 0 saturated heterocycles. The minimum Gasteiger partial charge on any atom is -0.474 e. The first-order valence-electron chi connectivity index (χ1n) is 3.72. The predicted molar refractivity (Wildman–Crippen MR) is 56.1 cm³/mol. The number of carboxylic acid groups (broad SMARTS) is 1. The van der Waals surface area contributed by atoms with E-state index in [0.717, 1.165) is 9.35 Å². The van der Waals surface area contributed by atoms with Gasteiger partial charge in [0, 0.05) is 21.8 Å². The summed E-state index contributed by atoms with van der Waals surface area (Å²) in [6, 6.07) is 1.86. The third kappa shape index (κ3) is 2.81. The molecule has 0 saturated carbocycles. The number of hydrogen-bond acceptors (Lipinski definition) is 3. The number of carbonyl (C=O) groups excluding carboxylic acids is 1. The maximum atomic E-state index is 11.0. The summed E-state index contributed by atoms with van der Waals surface area (Å²) in [6.45, 7) is 0.321. The van der Waals surface area contributed by atoms with E-state index in [2.05, 4.69) is 15.9 Å². The van der Waals surface area contributed by atoms with Crippen molar-refractivity contribution < 1.29 is 14.7 Å². The molecule has 0 bridgehead atoms. The Hall–Kier alpha value is -0.880. The molecule has 1 heterocycles. The van der Waals surface area contributed by atoms with Gasteiger partial charge >= 0.3 is 11.9 Å². The number of hydrogen-bond donors (Lipinski definition) is 1. The molecule has 0 aliphatic carbocycles.